The van der Waals surface area contributed by atoms with Gasteiger partial charge in [-0.1, -0.05) is 25.1 Å². The molecule has 0 aliphatic carbocycles. The van der Waals surface area contributed by atoms with Gasteiger partial charge in [-0.25, -0.2) is 17.3 Å². The maximum absolute atomic E-state index is 5.60. The van der Waals surface area contributed by atoms with Crippen molar-refractivity contribution in [3.8, 4) is 0 Å². The van der Waals surface area contributed by atoms with Crippen molar-refractivity contribution in [1.82, 2.24) is 15.2 Å². The molecule has 0 atom stereocenters. The van der Waals surface area contributed by atoms with Gasteiger partial charge >= 0.3 is 0 Å². The minimum absolute atomic E-state index is 0.545. The van der Waals surface area contributed by atoms with Crippen LogP contribution in [0.4, 0.5) is 0 Å². The monoisotopic (exact) mass is 272 g/mol. The summed E-state index contributed by atoms with van der Waals surface area (Å²) in [7, 11) is 4.45. The number of thiocarbonyl (C=S) groups is 1. The van der Waals surface area contributed by atoms with E-state index < -0.39 is 0 Å². The quantitative estimate of drug-likeness (QED) is 0.620. The molecule has 4 nitrogen and oxygen atoms in total. The maximum Gasteiger partial charge on any atom is 0.135 e. The molecule has 98 valence electrons. The Hall–Kier alpha value is -1.43. The Morgan fingerprint density at radius 2 is 2.05 bits per heavy atom. The van der Waals surface area contributed by atoms with Gasteiger partial charge in [0.1, 0.15) is 16.0 Å². The number of fused-ring (bicyclic) bond motifs is 1. The lowest BCUT2D eigenvalue weighted by Gasteiger charge is -2.37. The minimum atomic E-state index is 0.545. The van der Waals surface area contributed by atoms with E-state index in [4.69, 9.17) is 16.8 Å². The number of benzene rings is 1. The number of hydrogen-bond acceptors (Lipinski definition) is 4. The van der Waals surface area contributed by atoms with Crippen molar-refractivity contribution in [2.24, 2.45) is 0 Å². The molecule has 0 N–H and O–H groups in total. The van der Waals surface area contributed by atoms with Crippen LogP contribution in [0.2, 0.25) is 12.6 Å². The molecule has 0 saturated carbocycles. The number of rotatable bonds is 2. The molecule has 2 aromatic rings. The van der Waals surface area contributed by atoms with Gasteiger partial charge < -0.3 is 12.2 Å². The van der Waals surface area contributed by atoms with E-state index >= 15 is 0 Å². The lowest BCUT2D eigenvalue weighted by molar-refractivity contribution is 0.315. The Bertz CT molecular complexity index is 594. The second-order valence-electron chi connectivity index (χ2n) is 4.98. The molecule has 1 aliphatic heterocycles. The molecule has 0 bridgehead atoms. The Balaban J connectivity index is 1.81. The Morgan fingerprint density at radius 3 is 2.84 bits per heavy atom. The van der Waals surface area contributed by atoms with E-state index in [1.807, 2.05) is 18.2 Å². The smallest absolute Gasteiger partial charge is 0.135 e. The third-order valence-electron chi connectivity index (χ3n) is 3.78. The Morgan fingerprint density at radius 1 is 1.32 bits per heavy atom. The fourth-order valence-corrected chi connectivity index (χ4v) is 2.86. The van der Waals surface area contributed by atoms with E-state index in [0.29, 0.717) is 6.04 Å². The van der Waals surface area contributed by atoms with Crippen LogP contribution in [-0.4, -0.2) is 40.6 Å². The second kappa shape index (κ2) is 5.29. The van der Waals surface area contributed by atoms with Gasteiger partial charge in [-0.3, -0.25) is 0 Å². The first kappa shape index (κ1) is 12.6. The highest BCUT2D eigenvalue weighted by Crippen LogP contribution is 2.21. The fourth-order valence-electron chi connectivity index (χ4n) is 2.58. The number of aromatic nitrogens is 2. The van der Waals surface area contributed by atoms with Crippen LogP contribution in [0.5, 0.6) is 0 Å². The van der Waals surface area contributed by atoms with Crippen molar-refractivity contribution in [3.05, 3.63) is 23.8 Å². The Labute approximate surface area is 118 Å². The van der Waals surface area contributed by atoms with E-state index in [1.165, 1.54) is 25.5 Å². The second-order valence-corrected chi connectivity index (χ2v) is 5.37. The summed E-state index contributed by atoms with van der Waals surface area (Å²) in [5.41, 5.74) is 2.53. The van der Waals surface area contributed by atoms with Crippen LogP contribution in [0.15, 0.2) is 22.8 Å². The summed E-state index contributed by atoms with van der Waals surface area (Å²) in [4.78, 5) is 3.09. The van der Waals surface area contributed by atoms with Crippen LogP contribution in [0, 0.1) is 0 Å². The van der Waals surface area contributed by atoms with Crippen LogP contribution in [-0.2, 0) is 0 Å². The molecule has 19 heavy (non-hydrogen) atoms. The molecule has 1 aromatic heterocycles. The van der Waals surface area contributed by atoms with Crippen LogP contribution in [0.1, 0.15) is 18.4 Å². The van der Waals surface area contributed by atoms with Crippen LogP contribution >= 0.6 is 12.2 Å². The summed E-state index contributed by atoms with van der Waals surface area (Å²) >= 11 is 5.60. The molecule has 1 saturated heterocycles. The average Bonchev–Trinajstić information content (AvgIpc) is 2.94. The third kappa shape index (κ3) is 2.49. The van der Waals surface area contributed by atoms with Crippen molar-refractivity contribution in [2.75, 3.05) is 7.05 Å². The van der Waals surface area contributed by atoms with Gasteiger partial charge in [-0.15, -0.1) is 0 Å². The first-order valence-corrected chi connectivity index (χ1v) is 6.97. The topological polar surface area (TPSA) is 42.2 Å². The molecular formula is C13H15BN3OS-. The standard InChI is InChI=1S/C13H15BN3OS/c1-17(10-4-6-14-7-5-10)13(19)9-2-3-11-12(8-9)16-18-15-11/h2-3,8,10H,4-7H2,1H3/q-1. The van der Waals surface area contributed by atoms with Crippen molar-refractivity contribution in [3.63, 3.8) is 0 Å². The van der Waals surface area contributed by atoms with Crippen LogP contribution in [0.25, 0.3) is 11.0 Å². The van der Waals surface area contributed by atoms with Gasteiger partial charge in [0.25, 0.3) is 0 Å². The summed E-state index contributed by atoms with van der Waals surface area (Å²) in [6.07, 6.45) is 4.74. The fraction of sp³-hybridized carbons (Fsp3) is 0.462. The predicted octanol–water partition coefficient (Wildman–Crippen LogP) is 2.53. The van der Waals surface area contributed by atoms with Gasteiger partial charge in [0.05, 0.1) is 0 Å². The molecule has 6 heteroatoms. The Kier molecular flexibility index (Phi) is 3.51. The van der Waals surface area contributed by atoms with Gasteiger partial charge in [0.15, 0.2) is 0 Å². The first-order chi connectivity index (χ1) is 9.25. The van der Waals surface area contributed by atoms with Gasteiger partial charge in [0, 0.05) is 18.7 Å². The van der Waals surface area contributed by atoms with E-state index in [1.54, 1.807) is 0 Å². The van der Waals surface area contributed by atoms with E-state index in [-0.39, 0.29) is 0 Å². The van der Waals surface area contributed by atoms with E-state index in [9.17, 15) is 0 Å². The zero-order valence-electron chi connectivity index (χ0n) is 10.9. The molecule has 2 heterocycles. The van der Waals surface area contributed by atoms with Gasteiger partial charge in [-0.05, 0) is 28.5 Å². The summed E-state index contributed by atoms with van der Waals surface area (Å²) in [5, 5.41) is 7.67. The maximum atomic E-state index is 5.60. The molecule has 0 unspecified atom stereocenters. The molecule has 3 rings (SSSR count). The van der Waals surface area contributed by atoms with Crippen LogP contribution < -0.4 is 0 Å². The van der Waals surface area contributed by atoms with Crippen molar-refractivity contribution in [1.29, 1.82) is 0 Å². The zero-order chi connectivity index (χ0) is 13.2. The molecule has 0 spiro atoms. The predicted molar refractivity (Wildman–Crippen MR) is 79.7 cm³/mol. The highest BCUT2D eigenvalue weighted by Gasteiger charge is 2.17. The van der Waals surface area contributed by atoms with Gasteiger partial charge in [0.2, 0.25) is 0 Å². The van der Waals surface area contributed by atoms with Gasteiger partial charge in [-0.2, -0.15) is 0 Å². The largest absolute Gasteiger partial charge is 0.363 e. The molecule has 2 radical (unpaired) electrons. The molecule has 1 aromatic carbocycles. The summed E-state index contributed by atoms with van der Waals surface area (Å²) in [5.74, 6) is 0. The lowest BCUT2D eigenvalue weighted by Crippen LogP contribution is -2.38. The number of hydrogen-bond donors (Lipinski definition) is 0. The first-order valence-electron chi connectivity index (χ1n) is 6.57. The molecule has 1 aliphatic rings. The highest BCUT2D eigenvalue weighted by atomic mass is 32.1. The SMILES string of the molecule is CN(C(=S)c1ccc2nonc2c1)C1CC[B-]CC1. The van der Waals surface area contributed by atoms with E-state index in [0.717, 1.165) is 21.6 Å². The highest BCUT2D eigenvalue weighted by molar-refractivity contribution is 7.80. The molecule has 0 amide bonds. The number of nitrogens with zero attached hydrogens (tertiary/aromatic N) is 3. The molecule has 1 fully saturated rings. The minimum Gasteiger partial charge on any atom is -0.363 e. The summed E-state index contributed by atoms with van der Waals surface area (Å²) < 4.78 is 4.72. The third-order valence-corrected chi connectivity index (χ3v) is 4.30. The van der Waals surface area contributed by atoms with Crippen molar-refractivity contribution in [2.45, 2.75) is 31.5 Å². The zero-order valence-corrected chi connectivity index (χ0v) is 11.7. The van der Waals surface area contributed by atoms with Crippen LogP contribution in [0.3, 0.4) is 0 Å². The molecular weight excluding hydrogens is 257 g/mol. The normalized spacial score (nSPS) is 16.7. The lowest BCUT2D eigenvalue weighted by atomic mass is 9.63. The average molecular weight is 272 g/mol. The summed E-state index contributed by atoms with van der Waals surface area (Å²) in [6, 6.07) is 6.37. The van der Waals surface area contributed by atoms with Crippen molar-refractivity contribution >= 4 is 35.5 Å². The summed E-state index contributed by atoms with van der Waals surface area (Å²) in [6.45, 7) is 0. The van der Waals surface area contributed by atoms with E-state index in [2.05, 4.69) is 29.5 Å². The van der Waals surface area contributed by atoms with Crippen molar-refractivity contribution < 1.29 is 4.63 Å².